The van der Waals surface area contributed by atoms with E-state index in [0.29, 0.717) is 12.0 Å². The number of methoxy groups -OCH3 is 1. The van der Waals surface area contributed by atoms with Gasteiger partial charge < -0.3 is 49.7 Å². The van der Waals surface area contributed by atoms with Crippen LogP contribution in [0.2, 0.25) is 0 Å². The second-order valence-corrected chi connectivity index (χ2v) is 11.2. The van der Waals surface area contributed by atoms with Crippen molar-refractivity contribution in [3.05, 3.63) is 69.1 Å². The van der Waals surface area contributed by atoms with Gasteiger partial charge in [0.1, 0.15) is 29.3 Å². The van der Waals surface area contributed by atoms with Crippen LogP contribution >= 0.6 is 0 Å². The van der Waals surface area contributed by atoms with Gasteiger partial charge in [0, 0.05) is 18.2 Å². The Morgan fingerprint density at radius 2 is 1.84 bits per heavy atom. The quantitative estimate of drug-likeness (QED) is 0.184. The summed E-state index contributed by atoms with van der Waals surface area (Å²) in [5.41, 5.74) is 4.49. The molecule has 2 heterocycles. The first-order valence-electron chi connectivity index (χ1n) is 13.7. The number of primary amides is 1. The number of anilines is 1. The number of nitrogens with one attached hydrogen (secondary N) is 1. The Hall–Kier alpha value is -4.59. The van der Waals surface area contributed by atoms with Crippen LogP contribution in [0.5, 0.6) is 17.2 Å². The Bertz CT molecular complexity index is 1670. The molecule has 2 amide bonds. The molecule has 3 aromatic rings. The van der Waals surface area contributed by atoms with E-state index in [2.05, 4.69) is 5.32 Å². The predicted molar refractivity (Wildman–Crippen MR) is 159 cm³/mol. The lowest BCUT2D eigenvalue weighted by molar-refractivity contribution is -0.304. The van der Waals surface area contributed by atoms with Crippen molar-refractivity contribution < 1.29 is 48.3 Å². The lowest BCUT2D eigenvalue weighted by Gasteiger charge is -2.47. The monoisotopic (exact) mass is 612 g/mol. The zero-order valence-electron chi connectivity index (χ0n) is 25.2. The summed E-state index contributed by atoms with van der Waals surface area (Å²) in [6.07, 6.45) is -3.67. The number of phenolic OH excluding ortho intramolecular Hbond substituents is 1. The Labute approximate surface area is 252 Å². The molecule has 1 fully saturated rings. The number of carbonyl (C=O) groups is 2. The number of fused-ring (bicyclic) bond motifs is 1. The molecule has 44 heavy (non-hydrogen) atoms. The molecule has 13 heteroatoms. The maximum absolute atomic E-state index is 13.0. The first-order chi connectivity index (χ1) is 20.6. The van der Waals surface area contributed by atoms with Gasteiger partial charge in [-0.3, -0.25) is 4.79 Å². The van der Waals surface area contributed by atoms with Crippen molar-refractivity contribution >= 4 is 28.7 Å². The van der Waals surface area contributed by atoms with E-state index in [1.165, 1.54) is 37.4 Å². The van der Waals surface area contributed by atoms with Crippen molar-refractivity contribution in [2.45, 2.75) is 71.2 Å². The number of nitrogens with two attached hydrogens (primary N) is 1. The van der Waals surface area contributed by atoms with Crippen LogP contribution in [0.1, 0.15) is 49.2 Å². The molecule has 1 aliphatic heterocycles. The highest BCUT2D eigenvalue weighted by atomic mass is 16.7. The number of ether oxygens (including phenoxy) is 4. The van der Waals surface area contributed by atoms with Crippen LogP contribution in [0.3, 0.4) is 0 Å². The highest BCUT2D eigenvalue weighted by Gasteiger charge is 2.53. The fourth-order valence-electron chi connectivity index (χ4n) is 4.90. The number of allylic oxidation sites excluding steroid dienone is 2. The Balaban J connectivity index is 1.66. The van der Waals surface area contributed by atoms with Crippen LogP contribution in [-0.2, 0) is 20.6 Å². The SMILES string of the molecule is COC1C(OC(N)=O)C(Oc2ccc3c(O)c(NC(=O)c4ccc(O)c(CC=C(C)C)c4)c(=O)oc3c2C)OC(C)(C)C1O. The van der Waals surface area contributed by atoms with Crippen molar-refractivity contribution in [3.8, 4) is 17.2 Å². The van der Waals surface area contributed by atoms with E-state index in [1.807, 2.05) is 19.9 Å². The minimum Gasteiger partial charge on any atom is -0.508 e. The Kier molecular flexibility index (Phi) is 9.23. The number of benzene rings is 2. The summed E-state index contributed by atoms with van der Waals surface area (Å²) in [4.78, 5) is 37.6. The minimum absolute atomic E-state index is 0.0178. The third kappa shape index (κ3) is 6.49. The summed E-state index contributed by atoms with van der Waals surface area (Å²) in [5.74, 6) is -1.08. The van der Waals surface area contributed by atoms with E-state index < -0.39 is 59.3 Å². The molecular weight excluding hydrogens is 576 g/mol. The largest absolute Gasteiger partial charge is 0.508 e. The molecule has 13 nitrogen and oxygen atoms in total. The molecule has 236 valence electrons. The van der Waals surface area contributed by atoms with Crippen LogP contribution in [0.15, 0.2) is 51.2 Å². The van der Waals surface area contributed by atoms with Crippen molar-refractivity contribution in [1.82, 2.24) is 0 Å². The standard InChI is InChI=1S/C31H36N2O11/c1-14(2)7-8-16-13-17(9-11-19(16)34)27(37)33-21-22(35)18-10-12-20(15(3)23(18)42-28(21)38)41-29-25(43-30(32)39)24(40-6)26(36)31(4,5)44-29/h7,9-13,24-26,29,34-36H,8H2,1-6H3,(H2,32,39)(H,33,37). The first kappa shape index (κ1) is 32.3. The lowest BCUT2D eigenvalue weighted by Crippen LogP contribution is -2.65. The number of hydrogen-bond acceptors (Lipinski definition) is 11. The molecule has 1 aliphatic rings. The smallest absolute Gasteiger partial charge is 0.405 e. The van der Waals surface area contributed by atoms with Crippen molar-refractivity contribution in [2.24, 2.45) is 5.73 Å². The summed E-state index contributed by atoms with van der Waals surface area (Å²) in [7, 11) is 1.32. The van der Waals surface area contributed by atoms with Crippen molar-refractivity contribution in [1.29, 1.82) is 0 Å². The number of aliphatic hydroxyl groups excluding tert-OH is 1. The number of phenols is 1. The average Bonchev–Trinajstić information content (AvgIpc) is 2.94. The summed E-state index contributed by atoms with van der Waals surface area (Å²) in [6.45, 7) is 8.58. The van der Waals surface area contributed by atoms with E-state index in [-0.39, 0.29) is 33.6 Å². The molecule has 0 bridgehead atoms. The predicted octanol–water partition coefficient (Wildman–Crippen LogP) is 3.63. The molecule has 0 radical (unpaired) electrons. The van der Waals surface area contributed by atoms with E-state index in [4.69, 9.17) is 29.1 Å². The van der Waals surface area contributed by atoms with Crippen molar-refractivity contribution in [2.75, 3.05) is 12.4 Å². The van der Waals surface area contributed by atoms with Crippen LogP contribution in [0.4, 0.5) is 10.5 Å². The normalized spacial score (nSPS) is 21.0. The number of aromatic hydroxyl groups is 2. The summed E-state index contributed by atoms with van der Waals surface area (Å²) < 4.78 is 28.0. The highest BCUT2D eigenvalue weighted by molar-refractivity contribution is 6.06. The average molecular weight is 613 g/mol. The summed E-state index contributed by atoms with van der Waals surface area (Å²) in [6, 6.07) is 7.13. The molecule has 4 unspecified atom stereocenters. The van der Waals surface area contributed by atoms with Crippen LogP contribution in [-0.4, -0.2) is 64.6 Å². The number of carbonyl (C=O) groups excluding carboxylic acids is 2. The number of hydrogen-bond donors (Lipinski definition) is 5. The first-order valence-corrected chi connectivity index (χ1v) is 13.7. The summed E-state index contributed by atoms with van der Waals surface area (Å²) >= 11 is 0. The van der Waals surface area contributed by atoms with Gasteiger partial charge >= 0.3 is 11.7 Å². The van der Waals surface area contributed by atoms with Crippen molar-refractivity contribution in [3.63, 3.8) is 0 Å². The van der Waals surface area contributed by atoms with Gasteiger partial charge in [0.15, 0.2) is 17.5 Å². The molecule has 4 atom stereocenters. The molecule has 1 saturated heterocycles. The van der Waals surface area contributed by atoms with Crippen LogP contribution in [0.25, 0.3) is 11.0 Å². The zero-order chi connectivity index (χ0) is 32.5. The van der Waals surface area contributed by atoms with Gasteiger partial charge in [0.2, 0.25) is 6.29 Å². The molecule has 0 spiro atoms. The second kappa shape index (κ2) is 12.6. The maximum atomic E-state index is 13.0. The zero-order valence-corrected chi connectivity index (χ0v) is 25.2. The van der Waals surface area contributed by atoms with Gasteiger partial charge in [-0.15, -0.1) is 0 Å². The lowest BCUT2D eigenvalue weighted by atomic mass is 9.89. The third-order valence-electron chi connectivity index (χ3n) is 7.36. The number of rotatable bonds is 8. The fourth-order valence-corrected chi connectivity index (χ4v) is 4.90. The minimum atomic E-state index is -1.30. The fraction of sp³-hybridized carbons (Fsp3) is 0.387. The molecule has 0 saturated carbocycles. The van der Waals surface area contributed by atoms with E-state index in [0.717, 1.165) is 5.57 Å². The second-order valence-electron chi connectivity index (χ2n) is 11.2. The van der Waals surface area contributed by atoms with Gasteiger partial charge in [-0.2, -0.15) is 0 Å². The van der Waals surface area contributed by atoms with Gasteiger partial charge in [0.05, 0.1) is 11.0 Å². The summed E-state index contributed by atoms with van der Waals surface area (Å²) in [5, 5.41) is 34.4. The van der Waals surface area contributed by atoms with E-state index in [9.17, 15) is 29.7 Å². The maximum Gasteiger partial charge on any atom is 0.405 e. The highest BCUT2D eigenvalue weighted by Crippen LogP contribution is 2.38. The van der Waals surface area contributed by atoms with Gasteiger partial charge in [0.25, 0.3) is 5.91 Å². The Morgan fingerprint density at radius 3 is 2.48 bits per heavy atom. The third-order valence-corrected chi connectivity index (χ3v) is 7.36. The molecule has 6 N–H and O–H groups in total. The molecule has 2 aromatic carbocycles. The van der Waals surface area contributed by atoms with Gasteiger partial charge in [-0.1, -0.05) is 11.6 Å². The Morgan fingerprint density at radius 1 is 1.14 bits per heavy atom. The topological polar surface area (TPSA) is 200 Å². The van der Waals surface area contributed by atoms with Gasteiger partial charge in [-0.05, 0) is 76.9 Å². The van der Waals surface area contributed by atoms with E-state index >= 15 is 0 Å². The van der Waals surface area contributed by atoms with E-state index in [1.54, 1.807) is 20.8 Å². The number of amides is 2. The number of aryl methyl sites for hydroxylation is 1. The van der Waals surface area contributed by atoms with Gasteiger partial charge in [-0.25, -0.2) is 9.59 Å². The van der Waals surface area contributed by atoms with Crippen LogP contribution in [0, 0.1) is 6.92 Å². The molecular formula is C31H36N2O11. The molecule has 4 rings (SSSR count). The number of aliphatic hydroxyl groups is 1. The molecule has 1 aromatic heterocycles. The molecule has 0 aliphatic carbocycles. The van der Waals surface area contributed by atoms with Crippen LogP contribution < -0.4 is 21.4 Å².